The Kier molecular flexibility index (Phi) is 7.37. The smallest absolute Gasteiger partial charge is 0.228 e. The molecule has 1 aliphatic rings. The summed E-state index contributed by atoms with van der Waals surface area (Å²) in [7, 11) is 0. The molecule has 0 aromatic heterocycles. The first kappa shape index (κ1) is 20.7. The average Bonchev–Trinajstić information content (AvgIpc) is 2.70. The molecule has 1 atom stereocenters. The van der Waals surface area contributed by atoms with Crippen LogP contribution in [0, 0.1) is 5.92 Å². The van der Waals surface area contributed by atoms with E-state index in [9.17, 15) is 4.79 Å². The number of piperidine rings is 1. The van der Waals surface area contributed by atoms with Gasteiger partial charge >= 0.3 is 0 Å². The first-order chi connectivity index (χ1) is 13.6. The van der Waals surface area contributed by atoms with Crippen LogP contribution in [0.4, 0.5) is 5.69 Å². The second-order valence-electron chi connectivity index (χ2n) is 6.89. The van der Waals surface area contributed by atoms with Crippen molar-refractivity contribution in [3.63, 3.8) is 0 Å². The van der Waals surface area contributed by atoms with Gasteiger partial charge in [0.15, 0.2) is 0 Å². The van der Waals surface area contributed by atoms with Gasteiger partial charge in [0, 0.05) is 34.4 Å². The van der Waals surface area contributed by atoms with Gasteiger partial charge in [-0.1, -0.05) is 41.9 Å². The third-order valence-electron chi connectivity index (χ3n) is 4.81. The minimum Gasteiger partial charge on any atom is -0.490 e. The summed E-state index contributed by atoms with van der Waals surface area (Å²) >= 11 is 12.6. The molecule has 0 saturated carbocycles. The van der Waals surface area contributed by atoms with Crippen LogP contribution in [-0.4, -0.2) is 30.5 Å². The van der Waals surface area contributed by atoms with Crippen LogP contribution in [0.2, 0.25) is 10.0 Å². The number of benzene rings is 2. The van der Waals surface area contributed by atoms with Crippen molar-refractivity contribution < 1.29 is 9.53 Å². The molecular weight excluding hydrogens is 395 g/mol. The summed E-state index contributed by atoms with van der Waals surface area (Å²) in [5, 5.41) is 4.34. The van der Waals surface area contributed by atoms with E-state index in [-0.39, 0.29) is 11.8 Å². The van der Waals surface area contributed by atoms with Crippen molar-refractivity contribution in [3.05, 3.63) is 70.7 Å². The second-order valence-corrected chi connectivity index (χ2v) is 7.70. The Balaban J connectivity index is 1.57. The molecule has 2 aromatic carbocycles. The lowest BCUT2D eigenvalue weighted by Gasteiger charge is -2.32. The zero-order valence-corrected chi connectivity index (χ0v) is 17.2. The minimum atomic E-state index is -0.0632. The summed E-state index contributed by atoms with van der Waals surface area (Å²) in [6.45, 7) is 6.35. The fourth-order valence-electron chi connectivity index (χ4n) is 3.35. The van der Waals surface area contributed by atoms with Crippen LogP contribution < -0.4 is 10.1 Å². The summed E-state index contributed by atoms with van der Waals surface area (Å²) in [5.41, 5.74) is 1.68. The number of halogens is 2. The molecule has 28 heavy (non-hydrogen) atoms. The molecule has 1 amide bonds. The van der Waals surface area contributed by atoms with Crippen LogP contribution in [-0.2, 0) is 11.3 Å². The Morgan fingerprint density at radius 3 is 2.61 bits per heavy atom. The first-order valence-electron chi connectivity index (χ1n) is 9.36. The number of likely N-dealkylation sites (tertiary alicyclic amines) is 1. The number of nitrogens with zero attached hydrogens (tertiary/aromatic N) is 1. The van der Waals surface area contributed by atoms with Crippen molar-refractivity contribution in [1.82, 2.24) is 4.90 Å². The summed E-state index contributed by atoms with van der Waals surface area (Å²) < 4.78 is 5.46. The first-order valence-corrected chi connectivity index (χ1v) is 10.1. The third kappa shape index (κ3) is 5.51. The van der Waals surface area contributed by atoms with Gasteiger partial charge in [-0.3, -0.25) is 9.69 Å². The molecule has 6 heteroatoms. The number of anilines is 1. The molecule has 1 unspecified atom stereocenters. The van der Waals surface area contributed by atoms with Crippen molar-refractivity contribution in [2.24, 2.45) is 5.92 Å². The summed E-state index contributed by atoms with van der Waals surface area (Å²) in [6.07, 6.45) is 3.54. The van der Waals surface area contributed by atoms with E-state index in [1.54, 1.807) is 6.08 Å². The van der Waals surface area contributed by atoms with E-state index in [1.807, 2.05) is 42.5 Å². The topological polar surface area (TPSA) is 41.6 Å². The Bertz CT molecular complexity index is 804. The van der Waals surface area contributed by atoms with Crippen LogP contribution in [0.15, 0.2) is 55.1 Å². The van der Waals surface area contributed by atoms with E-state index in [4.69, 9.17) is 27.9 Å². The van der Waals surface area contributed by atoms with Gasteiger partial charge in [0.25, 0.3) is 0 Å². The molecule has 1 N–H and O–H groups in total. The molecule has 2 aromatic rings. The second kappa shape index (κ2) is 9.97. The van der Waals surface area contributed by atoms with Crippen LogP contribution in [0.5, 0.6) is 5.75 Å². The van der Waals surface area contributed by atoms with Gasteiger partial charge in [-0.15, -0.1) is 0 Å². The van der Waals surface area contributed by atoms with Gasteiger partial charge in [0.05, 0.1) is 5.92 Å². The lowest BCUT2D eigenvalue weighted by atomic mass is 9.96. The van der Waals surface area contributed by atoms with Gasteiger partial charge in [0.2, 0.25) is 5.91 Å². The highest BCUT2D eigenvalue weighted by atomic mass is 35.5. The molecule has 0 bridgehead atoms. The Morgan fingerprint density at radius 2 is 1.93 bits per heavy atom. The third-order valence-corrected chi connectivity index (χ3v) is 5.52. The molecule has 3 rings (SSSR count). The molecule has 1 fully saturated rings. The van der Waals surface area contributed by atoms with Crippen LogP contribution in [0.1, 0.15) is 18.4 Å². The number of ether oxygens (including phenoxy) is 1. The lowest BCUT2D eigenvalue weighted by molar-refractivity contribution is -0.121. The summed E-state index contributed by atoms with van der Waals surface area (Å²) in [6, 6.07) is 12.9. The van der Waals surface area contributed by atoms with Crippen molar-refractivity contribution in [2.45, 2.75) is 19.4 Å². The SMILES string of the molecule is C=CCOc1ccc(NC(=O)C2CCCN(Cc3c(Cl)cccc3Cl)C2)cc1. The maximum atomic E-state index is 12.7. The Morgan fingerprint density at radius 1 is 1.21 bits per heavy atom. The molecule has 0 radical (unpaired) electrons. The number of nitrogens with one attached hydrogen (secondary N) is 1. The average molecular weight is 419 g/mol. The van der Waals surface area contributed by atoms with Crippen LogP contribution >= 0.6 is 23.2 Å². The number of carbonyl (C=O) groups is 1. The van der Waals surface area contributed by atoms with Gasteiger partial charge in [-0.2, -0.15) is 0 Å². The van der Waals surface area contributed by atoms with Gasteiger partial charge < -0.3 is 10.1 Å². The van der Waals surface area contributed by atoms with E-state index in [2.05, 4.69) is 16.8 Å². The standard InChI is InChI=1S/C22H24Cl2N2O2/c1-2-13-28-18-10-8-17(9-11-18)25-22(27)16-5-4-12-26(14-16)15-19-20(23)6-3-7-21(19)24/h2-3,6-11,16H,1,4-5,12-15H2,(H,25,27). The molecule has 1 saturated heterocycles. The van der Waals surface area contributed by atoms with E-state index in [0.29, 0.717) is 29.7 Å². The number of hydrogen-bond donors (Lipinski definition) is 1. The van der Waals surface area contributed by atoms with Gasteiger partial charge in [0.1, 0.15) is 12.4 Å². The van der Waals surface area contributed by atoms with Crippen molar-refractivity contribution in [2.75, 3.05) is 25.0 Å². The fourth-order valence-corrected chi connectivity index (χ4v) is 3.87. The molecule has 148 valence electrons. The van der Waals surface area contributed by atoms with E-state index >= 15 is 0 Å². The maximum absolute atomic E-state index is 12.7. The molecular formula is C22H24Cl2N2O2. The van der Waals surface area contributed by atoms with E-state index in [0.717, 1.165) is 36.4 Å². The molecule has 1 heterocycles. The molecule has 1 aliphatic heterocycles. The normalized spacial score (nSPS) is 17.1. The zero-order chi connectivity index (χ0) is 19.9. The minimum absolute atomic E-state index is 0.0368. The summed E-state index contributed by atoms with van der Waals surface area (Å²) in [5.74, 6) is 0.722. The highest BCUT2D eigenvalue weighted by molar-refractivity contribution is 6.35. The van der Waals surface area contributed by atoms with Crippen molar-refractivity contribution >= 4 is 34.8 Å². The van der Waals surface area contributed by atoms with Crippen LogP contribution in [0.3, 0.4) is 0 Å². The summed E-state index contributed by atoms with van der Waals surface area (Å²) in [4.78, 5) is 15.0. The number of hydrogen-bond acceptors (Lipinski definition) is 3. The maximum Gasteiger partial charge on any atom is 0.228 e. The number of carbonyl (C=O) groups excluding carboxylic acids is 1. The fraction of sp³-hybridized carbons (Fsp3) is 0.318. The predicted octanol–water partition coefficient (Wildman–Crippen LogP) is 5.41. The quantitative estimate of drug-likeness (QED) is 0.611. The molecule has 0 spiro atoms. The van der Waals surface area contributed by atoms with E-state index < -0.39 is 0 Å². The lowest BCUT2D eigenvalue weighted by Crippen LogP contribution is -2.40. The number of amides is 1. The number of rotatable bonds is 7. The largest absolute Gasteiger partial charge is 0.490 e. The van der Waals surface area contributed by atoms with Gasteiger partial charge in [-0.05, 0) is 55.8 Å². The van der Waals surface area contributed by atoms with Crippen molar-refractivity contribution in [3.8, 4) is 5.75 Å². The monoisotopic (exact) mass is 418 g/mol. The van der Waals surface area contributed by atoms with E-state index in [1.165, 1.54) is 0 Å². The van der Waals surface area contributed by atoms with Crippen molar-refractivity contribution in [1.29, 1.82) is 0 Å². The predicted molar refractivity (Wildman–Crippen MR) is 115 cm³/mol. The molecule has 0 aliphatic carbocycles. The highest BCUT2D eigenvalue weighted by Crippen LogP contribution is 2.28. The highest BCUT2D eigenvalue weighted by Gasteiger charge is 2.26. The van der Waals surface area contributed by atoms with Gasteiger partial charge in [-0.25, -0.2) is 0 Å². The Hall–Kier alpha value is -2.01. The Labute approximate surface area is 176 Å². The molecule has 4 nitrogen and oxygen atoms in total. The van der Waals surface area contributed by atoms with Crippen LogP contribution in [0.25, 0.3) is 0 Å². The zero-order valence-electron chi connectivity index (χ0n) is 15.7.